The Balaban J connectivity index is 1.91. The SMILES string of the molecule is CC1CCN(S(=O)(=O)c2ccc(N3CCNC(C(N)=O)C3)c([N+](=O)[O-])c2)CC1. The maximum atomic E-state index is 12.9. The van der Waals surface area contributed by atoms with E-state index in [1.807, 2.05) is 0 Å². The summed E-state index contributed by atoms with van der Waals surface area (Å²) in [5.41, 5.74) is 5.32. The number of nitro groups is 1. The van der Waals surface area contributed by atoms with E-state index < -0.39 is 26.9 Å². The molecule has 0 bridgehead atoms. The van der Waals surface area contributed by atoms with Gasteiger partial charge in [0.05, 0.1) is 9.82 Å². The Labute approximate surface area is 163 Å². The number of carbonyl (C=O) groups is 1. The van der Waals surface area contributed by atoms with E-state index in [-0.39, 0.29) is 22.8 Å². The zero-order chi connectivity index (χ0) is 20.5. The molecule has 1 atom stereocenters. The standard InChI is InChI=1S/C17H25N5O5S/c1-12-4-7-21(8-5-12)28(26,27)13-2-3-15(16(10-13)22(24)25)20-9-6-19-14(11-20)17(18)23/h2-3,10,12,14,19H,4-9,11H2,1H3,(H2,18,23). The van der Waals surface area contributed by atoms with Crippen molar-refractivity contribution in [2.45, 2.75) is 30.7 Å². The Morgan fingerprint density at radius 1 is 1.29 bits per heavy atom. The van der Waals surface area contributed by atoms with Crippen LogP contribution in [0, 0.1) is 16.0 Å². The normalized spacial score (nSPS) is 22.2. The lowest BCUT2D eigenvalue weighted by Gasteiger charge is -2.33. The minimum absolute atomic E-state index is 0.0842. The van der Waals surface area contributed by atoms with Crippen LogP contribution in [0.3, 0.4) is 0 Å². The van der Waals surface area contributed by atoms with Crippen LogP contribution in [0.25, 0.3) is 0 Å². The molecule has 2 heterocycles. The maximum absolute atomic E-state index is 12.9. The third-order valence-electron chi connectivity index (χ3n) is 5.38. The molecule has 1 aromatic rings. The molecule has 0 saturated carbocycles. The average molecular weight is 411 g/mol. The molecule has 1 amide bonds. The van der Waals surface area contributed by atoms with E-state index in [1.165, 1.54) is 16.4 Å². The average Bonchev–Trinajstić information content (AvgIpc) is 2.68. The molecule has 2 fully saturated rings. The van der Waals surface area contributed by atoms with Crippen molar-refractivity contribution in [3.63, 3.8) is 0 Å². The number of rotatable bonds is 5. The van der Waals surface area contributed by atoms with Crippen molar-refractivity contribution in [2.75, 3.05) is 37.6 Å². The summed E-state index contributed by atoms with van der Waals surface area (Å²) in [5, 5.41) is 14.6. The van der Waals surface area contributed by atoms with Crippen molar-refractivity contribution in [3.8, 4) is 0 Å². The van der Waals surface area contributed by atoms with E-state index in [4.69, 9.17) is 5.73 Å². The zero-order valence-corrected chi connectivity index (χ0v) is 16.5. The number of carbonyl (C=O) groups excluding carboxylic acids is 1. The number of benzene rings is 1. The Morgan fingerprint density at radius 3 is 2.57 bits per heavy atom. The highest BCUT2D eigenvalue weighted by atomic mass is 32.2. The Morgan fingerprint density at radius 2 is 1.96 bits per heavy atom. The molecule has 1 aromatic carbocycles. The fraction of sp³-hybridized carbons (Fsp3) is 0.588. The topological polar surface area (TPSA) is 139 Å². The summed E-state index contributed by atoms with van der Waals surface area (Å²) in [5.74, 6) is -0.0695. The van der Waals surface area contributed by atoms with E-state index in [1.54, 1.807) is 4.90 Å². The quantitative estimate of drug-likeness (QED) is 0.524. The summed E-state index contributed by atoms with van der Waals surface area (Å²) in [6, 6.07) is 3.34. The van der Waals surface area contributed by atoms with Crippen LogP contribution in [0.2, 0.25) is 0 Å². The number of nitro benzene ring substituents is 1. The van der Waals surface area contributed by atoms with Crippen molar-refractivity contribution < 1.29 is 18.1 Å². The van der Waals surface area contributed by atoms with E-state index in [2.05, 4.69) is 12.2 Å². The first-order valence-electron chi connectivity index (χ1n) is 9.26. The van der Waals surface area contributed by atoms with E-state index in [0.29, 0.717) is 32.1 Å². The predicted molar refractivity (Wildman–Crippen MR) is 103 cm³/mol. The van der Waals surface area contributed by atoms with Gasteiger partial charge in [-0.2, -0.15) is 4.31 Å². The monoisotopic (exact) mass is 411 g/mol. The largest absolute Gasteiger partial charge is 0.368 e. The van der Waals surface area contributed by atoms with Crippen molar-refractivity contribution >= 4 is 27.3 Å². The zero-order valence-electron chi connectivity index (χ0n) is 15.7. The summed E-state index contributed by atoms with van der Waals surface area (Å²) in [6.45, 7) is 3.98. The number of nitrogens with zero attached hydrogens (tertiary/aromatic N) is 3. The summed E-state index contributed by atoms with van der Waals surface area (Å²) in [6.07, 6.45) is 1.55. The van der Waals surface area contributed by atoms with Gasteiger partial charge in [0.2, 0.25) is 15.9 Å². The molecule has 3 N–H and O–H groups in total. The van der Waals surface area contributed by atoms with Crippen LogP contribution in [0.4, 0.5) is 11.4 Å². The van der Waals surface area contributed by atoms with Gasteiger partial charge in [0.1, 0.15) is 11.7 Å². The lowest BCUT2D eigenvalue weighted by molar-refractivity contribution is -0.384. The molecule has 10 nitrogen and oxygen atoms in total. The lowest BCUT2D eigenvalue weighted by Crippen LogP contribution is -2.56. The minimum atomic E-state index is -3.79. The summed E-state index contributed by atoms with van der Waals surface area (Å²) < 4.78 is 27.2. The van der Waals surface area contributed by atoms with E-state index >= 15 is 0 Å². The third-order valence-corrected chi connectivity index (χ3v) is 7.28. The Kier molecular flexibility index (Phi) is 5.87. The smallest absolute Gasteiger partial charge is 0.293 e. The number of piperidine rings is 1. The van der Waals surface area contributed by atoms with Crippen molar-refractivity contribution in [1.82, 2.24) is 9.62 Å². The second-order valence-electron chi connectivity index (χ2n) is 7.35. The third kappa shape index (κ3) is 4.10. The van der Waals surface area contributed by atoms with Gasteiger partial charge < -0.3 is 16.0 Å². The molecule has 0 radical (unpaired) electrons. The highest BCUT2D eigenvalue weighted by Gasteiger charge is 2.32. The van der Waals surface area contributed by atoms with Crippen LogP contribution in [-0.2, 0) is 14.8 Å². The summed E-state index contributed by atoms with van der Waals surface area (Å²) >= 11 is 0. The van der Waals surface area contributed by atoms with Crippen LogP contribution < -0.4 is 16.0 Å². The molecule has 2 aliphatic rings. The number of nitrogens with one attached hydrogen (secondary N) is 1. The van der Waals surface area contributed by atoms with Crippen LogP contribution in [0.1, 0.15) is 19.8 Å². The number of hydrogen-bond donors (Lipinski definition) is 2. The van der Waals surface area contributed by atoms with Gasteiger partial charge in [-0.1, -0.05) is 6.92 Å². The highest BCUT2D eigenvalue weighted by molar-refractivity contribution is 7.89. The second kappa shape index (κ2) is 8.02. The Hall–Kier alpha value is -2.24. The molecule has 0 spiro atoms. The van der Waals surface area contributed by atoms with Gasteiger partial charge in [0.15, 0.2) is 0 Å². The van der Waals surface area contributed by atoms with Crippen LogP contribution in [-0.4, -0.2) is 62.3 Å². The molecule has 28 heavy (non-hydrogen) atoms. The molecular weight excluding hydrogens is 386 g/mol. The van der Waals surface area contributed by atoms with Gasteiger partial charge in [-0.25, -0.2) is 8.42 Å². The maximum Gasteiger partial charge on any atom is 0.293 e. The van der Waals surface area contributed by atoms with Gasteiger partial charge in [-0.15, -0.1) is 0 Å². The molecule has 2 aliphatic heterocycles. The Bertz CT molecular complexity index is 867. The number of amides is 1. The van der Waals surface area contributed by atoms with Crippen molar-refractivity contribution in [2.24, 2.45) is 11.7 Å². The number of nitrogens with two attached hydrogens (primary N) is 1. The number of anilines is 1. The van der Waals surface area contributed by atoms with E-state index in [9.17, 15) is 23.3 Å². The minimum Gasteiger partial charge on any atom is -0.368 e. The second-order valence-corrected chi connectivity index (χ2v) is 9.29. The molecule has 0 aromatic heterocycles. The van der Waals surface area contributed by atoms with E-state index in [0.717, 1.165) is 18.9 Å². The molecule has 2 saturated heterocycles. The highest BCUT2D eigenvalue weighted by Crippen LogP contribution is 2.33. The van der Waals surface area contributed by atoms with Crippen LogP contribution in [0.15, 0.2) is 23.1 Å². The fourth-order valence-corrected chi connectivity index (χ4v) is 5.10. The van der Waals surface area contributed by atoms with Crippen molar-refractivity contribution in [1.29, 1.82) is 0 Å². The fourth-order valence-electron chi connectivity index (χ4n) is 3.61. The van der Waals surface area contributed by atoms with Gasteiger partial charge in [-0.05, 0) is 30.9 Å². The van der Waals surface area contributed by atoms with Gasteiger partial charge in [0, 0.05) is 38.8 Å². The first-order chi connectivity index (χ1) is 13.2. The van der Waals surface area contributed by atoms with Gasteiger partial charge in [0.25, 0.3) is 5.69 Å². The van der Waals surface area contributed by atoms with Crippen LogP contribution in [0.5, 0.6) is 0 Å². The first kappa shape index (κ1) is 20.5. The number of hydrogen-bond acceptors (Lipinski definition) is 7. The predicted octanol–water partition coefficient (Wildman–Crippen LogP) is 0.279. The molecular formula is C17H25N5O5S. The first-order valence-corrected chi connectivity index (χ1v) is 10.7. The van der Waals surface area contributed by atoms with Crippen molar-refractivity contribution in [3.05, 3.63) is 28.3 Å². The molecule has 11 heteroatoms. The molecule has 0 aliphatic carbocycles. The van der Waals surface area contributed by atoms with Crippen LogP contribution >= 0.6 is 0 Å². The summed E-state index contributed by atoms with van der Waals surface area (Å²) in [4.78, 5) is 24.1. The number of primary amides is 1. The molecule has 1 unspecified atom stereocenters. The lowest BCUT2D eigenvalue weighted by atomic mass is 10.0. The van der Waals surface area contributed by atoms with Gasteiger partial charge >= 0.3 is 0 Å². The number of sulfonamides is 1. The molecule has 154 valence electrons. The molecule has 3 rings (SSSR count). The number of piperazine rings is 1. The van der Waals surface area contributed by atoms with Gasteiger partial charge in [-0.3, -0.25) is 14.9 Å². The summed E-state index contributed by atoms with van der Waals surface area (Å²) in [7, 11) is -3.79.